The largest absolute Gasteiger partial charge is 0.286 e. The third kappa shape index (κ3) is 9.83. The molecule has 6 heteroatoms. The summed E-state index contributed by atoms with van der Waals surface area (Å²) in [4.78, 5) is 0. The molecule has 0 atom stereocenters. The van der Waals surface area contributed by atoms with E-state index in [9.17, 15) is 8.42 Å². The van der Waals surface area contributed by atoms with Crippen molar-refractivity contribution in [3.63, 3.8) is 0 Å². The van der Waals surface area contributed by atoms with Crippen molar-refractivity contribution in [1.29, 1.82) is 0 Å². The molecule has 0 fully saturated rings. The van der Waals surface area contributed by atoms with Gasteiger partial charge in [0, 0.05) is 6.42 Å². The molecule has 68 valence electrons. The second-order valence-electron chi connectivity index (χ2n) is 3.14. The monoisotopic (exact) mass is 183 g/mol. The van der Waals surface area contributed by atoms with E-state index in [1.165, 1.54) is 0 Å². The van der Waals surface area contributed by atoms with Crippen LogP contribution in [0.4, 0.5) is 0 Å². The van der Waals surface area contributed by atoms with Crippen LogP contribution in [0.15, 0.2) is 0 Å². The lowest BCUT2D eigenvalue weighted by atomic mass is 10.4. The molecule has 0 aromatic rings. The van der Waals surface area contributed by atoms with E-state index in [2.05, 4.69) is 0 Å². The van der Waals surface area contributed by atoms with Crippen LogP contribution in [0.25, 0.3) is 0 Å². The lowest BCUT2D eigenvalue weighted by Crippen LogP contribution is -2.47. The van der Waals surface area contributed by atoms with Crippen LogP contribution in [0.5, 0.6) is 0 Å². The predicted molar refractivity (Wildman–Crippen MR) is 42.2 cm³/mol. The Morgan fingerprint density at radius 3 is 2.18 bits per heavy atom. The first-order valence-electron chi connectivity index (χ1n) is 3.27. The van der Waals surface area contributed by atoms with Crippen molar-refractivity contribution < 1.29 is 17.6 Å². The fourth-order valence-electron chi connectivity index (χ4n) is 0.654. The number of hydrogen-bond donors (Lipinski definition) is 2. The van der Waals surface area contributed by atoms with Gasteiger partial charge in [0.05, 0.1) is 26.4 Å². The van der Waals surface area contributed by atoms with Gasteiger partial charge in [-0.05, 0) is 0 Å². The lowest BCUT2D eigenvalue weighted by molar-refractivity contribution is -0.902. The van der Waals surface area contributed by atoms with Crippen molar-refractivity contribution in [2.45, 2.75) is 6.42 Å². The normalized spacial score (nSPS) is 13.5. The fraction of sp³-hybridized carbons (Fsp3) is 1.00. The SMILES string of the molecule is C[N+](C)(N)CCCS(=O)(=O)O. The van der Waals surface area contributed by atoms with E-state index in [-0.39, 0.29) is 10.3 Å². The maximum atomic E-state index is 10.2. The molecule has 0 aliphatic rings. The molecule has 0 aliphatic heterocycles. The van der Waals surface area contributed by atoms with Gasteiger partial charge >= 0.3 is 0 Å². The van der Waals surface area contributed by atoms with Crippen molar-refractivity contribution in [1.82, 2.24) is 0 Å². The number of quaternary nitrogens is 1. The highest BCUT2D eigenvalue weighted by Crippen LogP contribution is 1.93. The van der Waals surface area contributed by atoms with E-state index in [0.29, 0.717) is 13.0 Å². The second kappa shape index (κ2) is 3.48. The highest BCUT2D eigenvalue weighted by Gasteiger charge is 2.11. The average molecular weight is 183 g/mol. The molecule has 0 unspecified atom stereocenters. The summed E-state index contributed by atoms with van der Waals surface area (Å²) in [6, 6.07) is 0. The molecule has 0 aromatic carbocycles. The van der Waals surface area contributed by atoms with E-state index < -0.39 is 10.1 Å². The minimum Gasteiger partial charge on any atom is -0.286 e. The molecule has 0 amide bonds. The van der Waals surface area contributed by atoms with Crippen LogP contribution in [-0.4, -0.2) is 44.0 Å². The third-order valence-electron chi connectivity index (χ3n) is 1.14. The van der Waals surface area contributed by atoms with Crippen LogP contribution in [0.3, 0.4) is 0 Å². The minimum absolute atomic E-state index is 0.216. The third-order valence-corrected chi connectivity index (χ3v) is 1.94. The Morgan fingerprint density at radius 2 is 1.91 bits per heavy atom. The van der Waals surface area contributed by atoms with E-state index in [1.807, 2.05) is 0 Å². The van der Waals surface area contributed by atoms with Crippen molar-refractivity contribution in [2.24, 2.45) is 5.84 Å². The summed E-state index contributed by atoms with van der Waals surface area (Å²) in [6.45, 7) is 0.528. The van der Waals surface area contributed by atoms with Gasteiger partial charge in [-0.1, -0.05) is 0 Å². The van der Waals surface area contributed by atoms with E-state index in [0.717, 1.165) is 0 Å². The van der Waals surface area contributed by atoms with Crippen molar-refractivity contribution in [3.8, 4) is 0 Å². The molecule has 0 radical (unpaired) electrons. The van der Waals surface area contributed by atoms with Crippen molar-refractivity contribution >= 4 is 10.1 Å². The maximum Gasteiger partial charge on any atom is 0.265 e. The Morgan fingerprint density at radius 1 is 1.45 bits per heavy atom. The minimum atomic E-state index is -3.81. The molecular weight excluding hydrogens is 168 g/mol. The molecule has 0 spiro atoms. The van der Waals surface area contributed by atoms with Gasteiger partial charge < -0.3 is 0 Å². The molecule has 0 bridgehead atoms. The Hall–Kier alpha value is -0.170. The number of nitrogens with zero attached hydrogens (tertiary/aromatic N) is 1. The Labute approximate surface area is 67.1 Å². The van der Waals surface area contributed by atoms with Crippen LogP contribution in [0.1, 0.15) is 6.42 Å². The van der Waals surface area contributed by atoms with Gasteiger partial charge in [0.1, 0.15) is 0 Å². The molecule has 5 nitrogen and oxygen atoms in total. The van der Waals surface area contributed by atoms with Gasteiger partial charge in [0.2, 0.25) is 0 Å². The molecule has 0 saturated heterocycles. The van der Waals surface area contributed by atoms with Crippen LogP contribution in [0.2, 0.25) is 0 Å². The summed E-state index contributed by atoms with van der Waals surface area (Å²) in [5.41, 5.74) is 0. The molecule has 0 heterocycles. The molecule has 0 saturated carbocycles. The number of hydrogen-bond acceptors (Lipinski definition) is 3. The lowest BCUT2D eigenvalue weighted by Gasteiger charge is -2.21. The van der Waals surface area contributed by atoms with Crippen molar-refractivity contribution in [3.05, 3.63) is 0 Å². The van der Waals surface area contributed by atoms with Crippen molar-refractivity contribution in [2.75, 3.05) is 26.4 Å². The molecule has 3 N–H and O–H groups in total. The standard InChI is InChI=1S/C5H14N2O3S/c1-7(2,6)4-3-5-11(8,9)10/h3-6H2,1-2H3/p+1. The highest BCUT2D eigenvalue weighted by atomic mass is 32.2. The molecular formula is C5H15N2O3S+. The predicted octanol–water partition coefficient (Wildman–Crippen LogP) is -0.786. The van der Waals surface area contributed by atoms with Gasteiger partial charge in [0.15, 0.2) is 0 Å². The van der Waals surface area contributed by atoms with E-state index in [4.69, 9.17) is 10.4 Å². The van der Waals surface area contributed by atoms with Gasteiger partial charge in [-0.3, -0.25) is 9.14 Å². The van der Waals surface area contributed by atoms with E-state index >= 15 is 0 Å². The number of nitrogens with two attached hydrogens (primary N) is 1. The zero-order chi connectivity index (χ0) is 9.12. The van der Waals surface area contributed by atoms with E-state index in [1.54, 1.807) is 14.1 Å². The summed E-state index contributed by atoms with van der Waals surface area (Å²) in [7, 11) is -0.304. The first-order valence-corrected chi connectivity index (χ1v) is 4.88. The van der Waals surface area contributed by atoms with Crippen LogP contribution in [0, 0.1) is 0 Å². The van der Waals surface area contributed by atoms with Gasteiger partial charge in [0.25, 0.3) is 10.1 Å². The zero-order valence-corrected chi connectivity index (χ0v) is 7.63. The smallest absolute Gasteiger partial charge is 0.265 e. The van der Waals surface area contributed by atoms with Gasteiger partial charge in [-0.25, -0.2) is 0 Å². The molecule has 11 heavy (non-hydrogen) atoms. The van der Waals surface area contributed by atoms with Crippen LogP contribution >= 0.6 is 0 Å². The topological polar surface area (TPSA) is 80.4 Å². The summed E-state index contributed by atoms with van der Waals surface area (Å²) < 4.78 is 29.0. The molecule has 0 aliphatic carbocycles. The summed E-state index contributed by atoms with van der Waals surface area (Å²) in [6.07, 6.45) is 0.377. The number of rotatable bonds is 4. The fourth-order valence-corrected chi connectivity index (χ4v) is 1.15. The Kier molecular flexibility index (Phi) is 3.43. The van der Waals surface area contributed by atoms with Gasteiger partial charge in [-0.15, -0.1) is 0 Å². The summed E-state index contributed by atoms with van der Waals surface area (Å²) in [5, 5.41) is 0. The molecule has 0 aromatic heterocycles. The quantitative estimate of drug-likeness (QED) is 0.259. The maximum absolute atomic E-state index is 10.2. The van der Waals surface area contributed by atoms with Gasteiger partial charge in [-0.2, -0.15) is 14.3 Å². The summed E-state index contributed by atoms with van der Waals surface area (Å²) in [5.74, 6) is 5.31. The van der Waals surface area contributed by atoms with Crippen LogP contribution in [-0.2, 0) is 10.1 Å². The molecule has 0 rings (SSSR count). The Balaban J connectivity index is 3.61. The highest BCUT2D eigenvalue weighted by molar-refractivity contribution is 7.85. The van der Waals surface area contributed by atoms with Crippen LogP contribution < -0.4 is 5.84 Å². The summed E-state index contributed by atoms with van der Waals surface area (Å²) >= 11 is 0. The zero-order valence-electron chi connectivity index (χ0n) is 6.82. The second-order valence-corrected chi connectivity index (χ2v) is 4.71. The first-order chi connectivity index (χ1) is 4.71. The first kappa shape index (κ1) is 10.8. The Bertz CT molecular complexity index is 204. The average Bonchev–Trinajstić information content (AvgIpc) is 1.55.